The van der Waals surface area contributed by atoms with E-state index in [4.69, 9.17) is 10.5 Å². The second-order valence-corrected chi connectivity index (χ2v) is 4.94. The molecule has 0 radical (unpaired) electrons. The van der Waals surface area contributed by atoms with Crippen LogP contribution in [0.15, 0.2) is 30.3 Å². The molecule has 0 spiro atoms. The van der Waals surface area contributed by atoms with Crippen molar-refractivity contribution in [2.45, 2.75) is 37.0 Å². The quantitative estimate of drug-likeness (QED) is 0.929. The van der Waals surface area contributed by atoms with Crippen LogP contribution in [0.25, 0.3) is 0 Å². The number of hydrogen-bond donors (Lipinski definition) is 1. The molecular formula is C14H16F3NO2. The summed E-state index contributed by atoms with van der Waals surface area (Å²) in [6.07, 6.45) is -3.49. The van der Waals surface area contributed by atoms with Crippen molar-refractivity contribution < 1.29 is 22.7 Å². The Bertz CT molecular complexity index is 467. The first-order chi connectivity index (χ1) is 9.38. The van der Waals surface area contributed by atoms with Crippen molar-refractivity contribution in [3.05, 3.63) is 35.9 Å². The molecule has 1 heterocycles. The Morgan fingerprint density at radius 3 is 2.35 bits per heavy atom. The van der Waals surface area contributed by atoms with Crippen molar-refractivity contribution >= 4 is 5.91 Å². The van der Waals surface area contributed by atoms with Gasteiger partial charge in [-0.25, -0.2) is 0 Å². The third kappa shape index (κ3) is 2.65. The maximum absolute atomic E-state index is 13.5. The number of halogens is 3. The van der Waals surface area contributed by atoms with Crippen LogP contribution in [0, 0.1) is 0 Å². The van der Waals surface area contributed by atoms with Gasteiger partial charge in [-0.05, 0) is 24.8 Å². The van der Waals surface area contributed by atoms with Gasteiger partial charge < -0.3 is 10.5 Å². The number of nitrogens with two attached hydrogens (primary N) is 1. The standard InChI is InChI=1S/C14H16F3NO2/c15-14(16,17)11(10-6-2-1-3-7-10)13(12(18)19)8-4-5-9-20-13/h1-3,6-7,11H,4-5,8-9H2,(H2,18,19). The molecule has 0 bridgehead atoms. The summed E-state index contributed by atoms with van der Waals surface area (Å²) in [5.41, 5.74) is 3.27. The van der Waals surface area contributed by atoms with Gasteiger partial charge in [0, 0.05) is 6.61 Å². The number of benzene rings is 1. The van der Waals surface area contributed by atoms with Crippen LogP contribution < -0.4 is 5.73 Å². The number of rotatable bonds is 3. The molecule has 2 atom stereocenters. The smallest absolute Gasteiger partial charge is 0.367 e. The van der Waals surface area contributed by atoms with Crippen LogP contribution in [0.1, 0.15) is 30.7 Å². The van der Waals surface area contributed by atoms with Crippen LogP contribution in [0.3, 0.4) is 0 Å². The molecule has 0 saturated carbocycles. The molecule has 1 aromatic carbocycles. The lowest BCUT2D eigenvalue weighted by Crippen LogP contribution is -2.56. The highest BCUT2D eigenvalue weighted by molar-refractivity contribution is 5.85. The fourth-order valence-corrected chi connectivity index (χ4v) is 2.75. The molecule has 1 aliphatic rings. The monoisotopic (exact) mass is 287 g/mol. The zero-order chi connectivity index (χ0) is 14.8. The molecule has 2 unspecified atom stereocenters. The Morgan fingerprint density at radius 2 is 1.90 bits per heavy atom. The normalized spacial score (nSPS) is 25.1. The second kappa shape index (κ2) is 5.44. The molecule has 3 nitrogen and oxygen atoms in total. The molecule has 2 rings (SSSR count). The Balaban J connectivity index is 2.52. The zero-order valence-electron chi connectivity index (χ0n) is 10.8. The van der Waals surface area contributed by atoms with Crippen molar-refractivity contribution in [1.82, 2.24) is 0 Å². The summed E-state index contributed by atoms with van der Waals surface area (Å²) in [7, 11) is 0. The van der Waals surface area contributed by atoms with Gasteiger partial charge in [-0.3, -0.25) is 4.79 Å². The van der Waals surface area contributed by atoms with Crippen LogP contribution in [-0.4, -0.2) is 24.3 Å². The van der Waals surface area contributed by atoms with Gasteiger partial charge in [0.05, 0.1) is 0 Å². The van der Waals surface area contributed by atoms with Gasteiger partial charge in [-0.1, -0.05) is 30.3 Å². The van der Waals surface area contributed by atoms with Gasteiger partial charge in [0.1, 0.15) is 5.92 Å². The average Bonchev–Trinajstić information content (AvgIpc) is 2.39. The lowest BCUT2D eigenvalue weighted by molar-refractivity contribution is -0.217. The first kappa shape index (κ1) is 14.8. The van der Waals surface area contributed by atoms with Crippen LogP contribution in [0.5, 0.6) is 0 Å². The number of amides is 1. The summed E-state index contributed by atoms with van der Waals surface area (Å²) in [6.45, 7) is 0.113. The van der Waals surface area contributed by atoms with E-state index in [2.05, 4.69) is 0 Å². The largest absolute Gasteiger partial charge is 0.399 e. The minimum Gasteiger partial charge on any atom is -0.367 e. The molecule has 110 valence electrons. The van der Waals surface area contributed by atoms with E-state index in [0.717, 1.165) is 0 Å². The summed E-state index contributed by atoms with van der Waals surface area (Å²) >= 11 is 0. The van der Waals surface area contributed by atoms with E-state index in [9.17, 15) is 18.0 Å². The summed E-state index contributed by atoms with van der Waals surface area (Å²) in [4.78, 5) is 11.7. The van der Waals surface area contributed by atoms with E-state index in [0.29, 0.717) is 12.8 Å². The summed E-state index contributed by atoms with van der Waals surface area (Å²) < 4.78 is 45.8. The van der Waals surface area contributed by atoms with Crippen molar-refractivity contribution in [1.29, 1.82) is 0 Å². The van der Waals surface area contributed by atoms with Crippen LogP contribution in [0.2, 0.25) is 0 Å². The average molecular weight is 287 g/mol. The van der Waals surface area contributed by atoms with E-state index < -0.39 is 23.6 Å². The van der Waals surface area contributed by atoms with E-state index >= 15 is 0 Å². The number of primary amides is 1. The molecule has 1 amide bonds. The first-order valence-corrected chi connectivity index (χ1v) is 6.43. The summed E-state index contributed by atoms with van der Waals surface area (Å²) in [5, 5.41) is 0. The van der Waals surface area contributed by atoms with Gasteiger partial charge in [0.25, 0.3) is 5.91 Å². The van der Waals surface area contributed by atoms with E-state index in [1.54, 1.807) is 6.07 Å². The lowest BCUT2D eigenvalue weighted by Gasteiger charge is -2.41. The predicted octanol–water partition coefficient (Wildman–Crippen LogP) is 2.76. The van der Waals surface area contributed by atoms with Gasteiger partial charge in [0.2, 0.25) is 0 Å². The number of ether oxygens (including phenoxy) is 1. The third-order valence-electron chi connectivity index (χ3n) is 3.65. The number of carbonyl (C=O) groups excluding carboxylic acids is 1. The van der Waals surface area contributed by atoms with Crippen molar-refractivity contribution in [3.8, 4) is 0 Å². The van der Waals surface area contributed by atoms with Gasteiger partial charge in [-0.15, -0.1) is 0 Å². The molecule has 1 aliphatic heterocycles. The minimum absolute atomic E-state index is 0.000648. The highest BCUT2D eigenvalue weighted by Gasteiger charge is 2.59. The minimum atomic E-state index is -4.60. The number of carbonyl (C=O) groups is 1. The molecule has 0 aliphatic carbocycles. The molecule has 20 heavy (non-hydrogen) atoms. The maximum atomic E-state index is 13.5. The first-order valence-electron chi connectivity index (χ1n) is 6.43. The molecule has 0 aromatic heterocycles. The van der Waals surface area contributed by atoms with Gasteiger partial charge >= 0.3 is 6.18 Å². The van der Waals surface area contributed by atoms with Crippen molar-refractivity contribution in [2.75, 3.05) is 6.61 Å². The molecule has 1 aromatic rings. The second-order valence-electron chi connectivity index (χ2n) is 4.94. The lowest BCUT2D eigenvalue weighted by atomic mass is 9.76. The third-order valence-corrected chi connectivity index (χ3v) is 3.65. The highest BCUT2D eigenvalue weighted by atomic mass is 19.4. The van der Waals surface area contributed by atoms with Gasteiger partial charge in [-0.2, -0.15) is 13.2 Å². The predicted molar refractivity (Wildman–Crippen MR) is 67.0 cm³/mol. The Kier molecular flexibility index (Phi) is 4.04. The maximum Gasteiger partial charge on any atom is 0.399 e. The van der Waals surface area contributed by atoms with Crippen LogP contribution in [-0.2, 0) is 9.53 Å². The zero-order valence-corrected chi connectivity index (χ0v) is 10.8. The Hall–Kier alpha value is -1.56. The molecule has 1 saturated heterocycles. The van der Waals surface area contributed by atoms with Gasteiger partial charge in [0.15, 0.2) is 5.60 Å². The van der Waals surface area contributed by atoms with Crippen LogP contribution in [0.4, 0.5) is 13.2 Å². The number of alkyl halides is 3. The fourth-order valence-electron chi connectivity index (χ4n) is 2.75. The summed E-state index contributed by atoms with van der Waals surface area (Å²) in [5.74, 6) is -3.09. The molecule has 6 heteroatoms. The Labute approximate surface area is 114 Å². The summed E-state index contributed by atoms with van der Waals surface area (Å²) in [6, 6.07) is 7.33. The molecular weight excluding hydrogens is 271 g/mol. The van der Waals surface area contributed by atoms with Crippen molar-refractivity contribution in [2.24, 2.45) is 5.73 Å². The fraction of sp³-hybridized carbons (Fsp3) is 0.500. The molecule has 1 fully saturated rings. The number of hydrogen-bond acceptors (Lipinski definition) is 2. The van der Waals surface area contributed by atoms with Crippen LogP contribution >= 0.6 is 0 Å². The Morgan fingerprint density at radius 1 is 1.25 bits per heavy atom. The highest BCUT2D eigenvalue weighted by Crippen LogP contribution is 2.47. The topological polar surface area (TPSA) is 52.3 Å². The van der Waals surface area contributed by atoms with E-state index in [1.807, 2.05) is 0 Å². The SMILES string of the molecule is NC(=O)C1(C(c2ccccc2)C(F)(F)F)CCCCO1. The van der Waals surface area contributed by atoms with E-state index in [-0.39, 0.29) is 18.6 Å². The van der Waals surface area contributed by atoms with Crippen molar-refractivity contribution in [3.63, 3.8) is 0 Å². The van der Waals surface area contributed by atoms with E-state index in [1.165, 1.54) is 24.3 Å². The molecule has 2 N–H and O–H groups in total.